The van der Waals surface area contributed by atoms with Gasteiger partial charge in [0, 0.05) is 35.3 Å². The molecule has 0 spiro atoms. The van der Waals surface area contributed by atoms with Gasteiger partial charge in [-0.2, -0.15) is 13.2 Å². The molecule has 1 aliphatic carbocycles. The van der Waals surface area contributed by atoms with Crippen LogP contribution in [0.15, 0.2) is 28.7 Å². The highest BCUT2D eigenvalue weighted by Gasteiger charge is 2.50. The number of nitrogens with one attached hydrogen (secondary N) is 3. The van der Waals surface area contributed by atoms with Crippen molar-refractivity contribution in [1.82, 2.24) is 21.3 Å². The topological polar surface area (TPSA) is 104 Å². The number of carbonyl (C=O) groups is 3. The third-order valence-electron chi connectivity index (χ3n) is 6.11. The molecule has 1 aliphatic heterocycles. The lowest BCUT2D eigenvalue weighted by atomic mass is 9.74. The van der Waals surface area contributed by atoms with Gasteiger partial charge < -0.3 is 4.42 Å². The first-order chi connectivity index (χ1) is 15.6. The largest absolute Gasteiger partial charge is 0.451 e. The first kappa shape index (κ1) is 23.4. The van der Waals surface area contributed by atoms with Gasteiger partial charge in [-0.1, -0.05) is 11.6 Å². The normalized spacial score (nSPS) is 21.9. The van der Waals surface area contributed by atoms with Crippen molar-refractivity contribution in [3.05, 3.63) is 35.0 Å². The molecule has 8 nitrogen and oxygen atoms in total. The molecule has 178 valence electrons. The third-order valence-corrected chi connectivity index (χ3v) is 6.34. The molecule has 0 atom stereocenters. The van der Waals surface area contributed by atoms with Gasteiger partial charge >= 0.3 is 12.1 Å². The zero-order chi connectivity index (χ0) is 23.8. The predicted molar refractivity (Wildman–Crippen MR) is 112 cm³/mol. The van der Waals surface area contributed by atoms with E-state index in [-0.39, 0.29) is 18.6 Å². The van der Waals surface area contributed by atoms with Crippen LogP contribution in [0.1, 0.15) is 36.2 Å². The van der Waals surface area contributed by atoms with E-state index in [1.54, 1.807) is 29.3 Å². The fourth-order valence-corrected chi connectivity index (χ4v) is 4.19. The van der Waals surface area contributed by atoms with Crippen molar-refractivity contribution in [3.63, 3.8) is 0 Å². The first-order valence-corrected chi connectivity index (χ1v) is 10.9. The van der Waals surface area contributed by atoms with Crippen LogP contribution in [0, 0.1) is 17.8 Å². The Bertz CT molecular complexity index is 1060. The standard InChI is InChI=1S/C21H22ClF3N4O4/c22-15-1-2-16-12(9-15)10-17(33-16)20(32)28-29-5-3-11(4-6-29)18(30)26-27-19(31)13-7-14(8-13)21(23,24)25/h1-2,9-11,13-14H,3-8H2,(H,26,30)(H,27,31)(H,28,32)/t13-,14+. The minimum absolute atomic E-state index is 0.138. The van der Waals surface area contributed by atoms with E-state index in [2.05, 4.69) is 16.3 Å². The number of piperidine rings is 1. The van der Waals surface area contributed by atoms with Crippen LogP contribution in [0.3, 0.4) is 0 Å². The van der Waals surface area contributed by atoms with E-state index in [4.69, 9.17) is 16.0 Å². The molecule has 0 bridgehead atoms. The molecule has 2 heterocycles. The summed E-state index contributed by atoms with van der Waals surface area (Å²) >= 11 is 5.94. The highest BCUT2D eigenvalue weighted by molar-refractivity contribution is 6.31. The summed E-state index contributed by atoms with van der Waals surface area (Å²) < 4.78 is 43.1. The van der Waals surface area contributed by atoms with E-state index < -0.39 is 41.7 Å². The number of benzene rings is 1. The zero-order valence-electron chi connectivity index (χ0n) is 17.4. The molecule has 33 heavy (non-hydrogen) atoms. The van der Waals surface area contributed by atoms with Crippen molar-refractivity contribution in [2.45, 2.75) is 31.9 Å². The van der Waals surface area contributed by atoms with Gasteiger partial charge in [0.1, 0.15) is 5.58 Å². The fraction of sp³-hybridized carbons (Fsp3) is 0.476. The number of nitrogens with zero attached hydrogens (tertiary/aromatic N) is 1. The van der Waals surface area contributed by atoms with Crippen LogP contribution in [-0.2, 0) is 9.59 Å². The van der Waals surface area contributed by atoms with Gasteiger partial charge in [0.2, 0.25) is 11.8 Å². The molecule has 2 aliphatic rings. The number of hydrogen-bond donors (Lipinski definition) is 3. The van der Waals surface area contributed by atoms with Crippen molar-refractivity contribution >= 4 is 40.3 Å². The van der Waals surface area contributed by atoms with Crippen LogP contribution in [0.25, 0.3) is 11.0 Å². The molecule has 2 aromatic rings. The molecule has 0 unspecified atom stereocenters. The van der Waals surface area contributed by atoms with Crippen molar-refractivity contribution in [1.29, 1.82) is 0 Å². The highest BCUT2D eigenvalue weighted by atomic mass is 35.5. The lowest BCUT2D eigenvalue weighted by Gasteiger charge is -2.35. The quantitative estimate of drug-likeness (QED) is 0.576. The van der Waals surface area contributed by atoms with Crippen molar-refractivity contribution in [2.24, 2.45) is 17.8 Å². The molecule has 1 aromatic heterocycles. The van der Waals surface area contributed by atoms with Gasteiger partial charge in [-0.3, -0.25) is 30.7 Å². The van der Waals surface area contributed by atoms with E-state index in [1.165, 1.54) is 0 Å². The predicted octanol–water partition coefficient (Wildman–Crippen LogP) is 3.18. The van der Waals surface area contributed by atoms with Crippen molar-refractivity contribution in [3.8, 4) is 0 Å². The Labute approximate surface area is 191 Å². The van der Waals surface area contributed by atoms with Gasteiger partial charge in [0.25, 0.3) is 0 Å². The maximum Gasteiger partial charge on any atom is 0.391 e. The van der Waals surface area contributed by atoms with Crippen LogP contribution in [-0.4, -0.2) is 42.0 Å². The third kappa shape index (κ3) is 5.41. The Morgan fingerprint density at radius 3 is 2.27 bits per heavy atom. The smallest absolute Gasteiger partial charge is 0.391 e. The summed E-state index contributed by atoms with van der Waals surface area (Å²) in [6.07, 6.45) is -3.96. The highest BCUT2D eigenvalue weighted by Crippen LogP contribution is 2.44. The Hall–Kier alpha value is -2.79. The minimum atomic E-state index is -4.29. The summed E-state index contributed by atoms with van der Waals surface area (Å²) in [4.78, 5) is 36.7. The van der Waals surface area contributed by atoms with Crippen LogP contribution >= 0.6 is 11.6 Å². The molecule has 2 fully saturated rings. The average molecular weight is 487 g/mol. The number of hydrazine groups is 2. The molecule has 12 heteroatoms. The van der Waals surface area contributed by atoms with Crippen molar-refractivity contribution < 1.29 is 32.0 Å². The average Bonchev–Trinajstić information content (AvgIpc) is 3.13. The van der Waals surface area contributed by atoms with Crippen LogP contribution < -0.4 is 16.3 Å². The molecule has 0 radical (unpaired) electrons. The minimum Gasteiger partial charge on any atom is -0.451 e. The Balaban J connectivity index is 1.19. The summed E-state index contributed by atoms with van der Waals surface area (Å²) in [6, 6.07) is 6.63. The molecule has 3 amide bonds. The second-order valence-corrected chi connectivity index (χ2v) is 8.82. The van der Waals surface area contributed by atoms with E-state index in [9.17, 15) is 27.6 Å². The molecular formula is C21H22ClF3N4O4. The molecule has 4 rings (SSSR count). The van der Waals surface area contributed by atoms with Gasteiger partial charge in [0.05, 0.1) is 5.92 Å². The van der Waals surface area contributed by atoms with Crippen LogP contribution in [0.5, 0.6) is 0 Å². The van der Waals surface area contributed by atoms with Gasteiger partial charge in [0.15, 0.2) is 5.76 Å². The van der Waals surface area contributed by atoms with Gasteiger partial charge in [-0.15, -0.1) is 0 Å². The number of halogens is 4. The molecule has 1 aromatic carbocycles. The SMILES string of the molecule is O=C(NN1CCC(C(=O)NNC(=O)[C@H]2C[C@@H](C(F)(F)F)C2)CC1)c1cc2cc(Cl)ccc2o1. The van der Waals surface area contributed by atoms with E-state index in [0.717, 1.165) is 0 Å². The lowest BCUT2D eigenvalue weighted by molar-refractivity contribution is -0.204. The summed E-state index contributed by atoms with van der Waals surface area (Å²) in [5.74, 6) is -3.90. The number of rotatable bonds is 4. The summed E-state index contributed by atoms with van der Waals surface area (Å²) in [5.41, 5.74) is 7.81. The summed E-state index contributed by atoms with van der Waals surface area (Å²) in [5, 5.41) is 2.92. The summed E-state index contributed by atoms with van der Waals surface area (Å²) in [7, 11) is 0. The zero-order valence-corrected chi connectivity index (χ0v) is 18.1. The number of alkyl halides is 3. The van der Waals surface area contributed by atoms with Gasteiger partial charge in [-0.05, 0) is 49.9 Å². The number of amides is 3. The van der Waals surface area contributed by atoms with Crippen LogP contribution in [0.4, 0.5) is 13.2 Å². The fourth-order valence-electron chi connectivity index (χ4n) is 4.00. The maximum atomic E-state index is 12.5. The van der Waals surface area contributed by atoms with Crippen LogP contribution in [0.2, 0.25) is 5.02 Å². The van der Waals surface area contributed by atoms with Crippen molar-refractivity contribution in [2.75, 3.05) is 13.1 Å². The Morgan fingerprint density at radius 1 is 1.00 bits per heavy atom. The van der Waals surface area contributed by atoms with Gasteiger partial charge in [-0.25, -0.2) is 5.01 Å². The number of fused-ring (bicyclic) bond motifs is 1. The van der Waals surface area contributed by atoms with E-state index in [0.29, 0.717) is 41.9 Å². The number of carbonyl (C=O) groups excluding carboxylic acids is 3. The van der Waals surface area contributed by atoms with E-state index in [1.807, 2.05) is 0 Å². The molecule has 3 N–H and O–H groups in total. The number of furan rings is 1. The monoisotopic (exact) mass is 486 g/mol. The molecule has 1 saturated carbocycles. The number of hydrogen-bond acceptors (Lipinski definition) is 5. The Kier molecular flexibility index (Phi) is 6.53. The Morgan fingerprint density at radius 2 is 1.64 bits per heavy atom. The van der Waals surface area contributed by atoms with E-state index >= 15 is 0 Å². The molecular weight excluding hydrogens is 465 g/mol. The second-order valence-electron chi connectivity index (χ2n) is 8.38. The second kappa shape index (κ2) is 9.22. The molecule has 1 saturated heterocycles. The lowest BCUT2D eigenvalue weighted by Crippen LogP contribution is -2.53. The maximum absolute atomic E-state index is 12.5. The first-order valence-electron chi connectivity index (χ1n) is 10.5. The summed E-state index contributed by atoms with van der Waals surface area (Å²) in [6.45, 7) is 0.805.